The molecule has 7 heteroatoms. The normalized spacial score (nSPS) is 26.5. The zero-order valence-corrected chi connectivity index (χ0v) is 13.4. The molecule has 2 saturated heterocycles. The van der Waals surface area contributed by atoms with Crippen molar-refractivity contribution in [3.05, 3.63) is 35.9 Å². The summed E-state index contributed by atoms with van der Waals surface area (Å²) in [5.74, 6) is 0. The van der Waals surface area contributed by atoms with Gasteiger partial charge in [-0.25, -0.2) is 0 Å². The minimum absolute atomic E-state index is 0.149. The quantitative estimate of drug-likeness (QED) is 0.798. The standard InChI is InChI=1S/C15H23N3O3S/c19-22(20,16-10-13-6-2-1-3-7-13)17-14-11-21-12-15(14)18-8-4-5-9-18/h1-3,6-7,14-17H,4-5,8-12H2/t14-,15-/m1/s1. The Morgan fingerprint density at radius 3 is 2.59 bits per heavy atom. The van der Waals surface area contributed by atoms with Crippen molar-refractivity contribution in [1.82, 2.24) is 14.3 Å². The Balaban J connectivity index is 1.56. The van der Waals surface area contributed by atoms with E-state index in [0.717, 1.165) is 18.7 Å². The number of hydrogen-bond donors (Lipinski definition) is 2. The number of rotatable bonds is 6. The minimum atomic E-state index is -3.53. The number of likely N-dealkylation sites (tertiary alicyclic amines) is 1. The highest BCUT2D eigenvalue weighted by molar-refractivity contribution is 7.87. The minimum Gasteiger partial charge on any atom is -0.378 e. The Labute approximate surface area is 132 Å². The maximum absolute atomic E-state index is 12.2. The van der Waals surface area contributed by atoms with Gasteiger partial charge in [0.25, 0.3) is 10.2 Å². The van der Waals surface area contributed by atoms with Crippen LogP contribution >= 0.6 is 0 Å². The topological polar surface area (TPSA) is 70.7 Å². The molecule has 0 aliphatic carbocycles. The first-order valence-electron chi connectivity index (χ1n) is 7.77. The molecule has 6 nitrogen and oxygen atoms in total. The maximum Gasteiger partial charge on any atom is 0.277 e. The van der Waals surface area contributed by atoms with E-state index in [4.69, 9.17) is 4.74 Å². The molecular formula is C15H23N3O3S. The fourth-order valence-corrected chi connectivity index (χ4v) is 4.17. The molecule has 0 aromatic heterocycles. The molecule has 0 spiro atoms. The Kier molecular flexibility index (Phi) is 5.10. The molecule has 2 aliphatic rings. The van der Waals surface area contributed by atoms with E-state index in [1.807, 2.05) is 30.3 Å². The highest BCUT2D eigenvalue weighted by Crippen LogP contribution is 2.19. The number of nitrogens with one attached hydrogen (secondary N) is 2. The summed E-state index contributed by atoms with van der Waals surface area (Å²) in [6.07, 6.45) is 2.37. The Bertz CT molecular complexity index is 573. The van der Waals surface area contributed by atoms with Gasteiger partial charge in [-0.2, -0.15) is 17.9 Å². The van der Waals surface area contributed by atoms with Gasteiger partial charge in [0, 0.05) is 6.54 Å². The highest BCUT2D eigenvalue weighted by Gasteiger charge is 2.36. The van der Waals surface area contributed by atoms with E-state index in [9.17, 15) is 8.42 Å². The summed E-state index contributed by atoms with van der Waals surface area (Å²) in [5.41, 5.74) is 0.937. The van der Waals surface area contributed by atoms with E-state index in [1.165, 1.54) is 12.8 Å². The zero-order chi connectivity index (χ0) is 15.4. The third kappa shape index (κ3) is 4.05. The summed E-state index contributed by atoms with van der Waals surface area (Å²) in [7, 11) is -3.53. The van der Waals surface area contributed by atoms with E-state index in [-0.39, 0.29) is 18.6 Å². The monoisotopic (exact) mass is 325 g/mol. The van der Waals surface area contributed by atoms with Gasteiger partial charge in [-0.15, -0.1) is 0 Å². The summed E-state index contributed by atoms with van der Waals surface area (Å²) >= 11 is 0. The summed E-state index contributed by atoms with van der Waals surface area (Å²) in [6.45, 7) is 3.39. The van der Waals surface area contributed by atoms with Crippen LogP contribution in [0.3, 0.4) is 0 Å². The van der Waals surface area contributed by atoms with E-state index in [2.05, 4.69) is 14.3 Å². The number of benzene rings is 1. The summed E-state index contributed by atoms with van der Waals surface area (Å²) in [5, 5.41) is 0. The van der Waals surface area contributed by atoms with Gasteiger partial charge in [-0.05, 0) is 31.5 Å². The van der Waals surface area contributed by atoms with E-state index in [0.29, 0.717) is 13.2 Å². The number of ether oxygens (including phenoxy) is 1. The number of nitrogens with zero attached hydrogens (tertiary/aromatic N) is 1. The van der Waals surface area contributed by atoms with E-state index < -0.39 is 10.2 Å². The average molecular weight is 325 g/mol. The third-order valence-electron chi connectivity index (χ3n) is 4.28. The SMILES string of the molecule is O=S(=O)(NCc1ccccc1)N[C@@H]1COC[C@H]1N1CCCC1. The molecule has 0 unspecified atom stereocenters. The molecule has 0 bridgehead atoms. The predicted octanol–water partition coefficient (Wildman–Crippen LogP) is 0.474. The fraction of sp³-hybridized carbons (Fsp3) is 0.600. The molecule has 3 rings (SSSR count). The molecule has 22 heavy (non-hydrogen) atoms. The lowest BCUT2D eigenvalue weighted by atomic mass is 10.1. The molecule has 122 valence electrons. The van der Waals surface area contributed by atoms with Gasteiger partial charge in [-0.1, -0.05) is 30.3 Å². The highest BCUT2D eigenvalue weighted by atomic mass is 32.2. The van der Waals surface area contributed by atoms with Crippen molar-refractivity contribution in [3.63, 3.8) is 0 Å². The van der Waals surface area contributed by atoms with Crippen LogP contribution in [0.5, 0.6) is 0 Å². The van der Waals surface area contributed by atoms with Crippen LogP contribution in [0.25, 0.3) is 0 Å². The third-order valence-corrected chi connectivity index (χ3v) is 5.41. The average Bonchev–Trinajstić information content (AvgIpc) is 3.17. The molecule has 2 N–H and O–H groups in total. The largest absolute Gasteiger partial charge is 0.378 e. The van der Waals surface area contributed by atoms with Crippen molar-refractivity contribution in [2.75, 3.05) is 26.3 Å². The summed E-state index contributed by atoms with van der Waals surface area (Å²) in [4.78, 5) is 2.33. The van der Waals surface area contributed by atoms with Gasteiger partial charge in [0.1, 0.15) is 0 Å². The van der Waals surface area contributed by atoms with Crippen LogP contribution in [-0.4, -0.2) is 51.7 Å². The summed E-state index contributed by atoms with van der Waals surface area (Å²) in [6, 6.07) is 9.47. The summed E-state index contributed by atoms with van der Waals surface area (Å²) < 4.78 is 35.3. The molecule has 2 heterocycles. The van der Waals surface area contributed by atoms with Gasteiger partial charge in [0.2, 0.25) is 0 Å². The van der Waals surface area contributed by atoms with E-state index in [1.54, 1.807) is 0 Å². The van der Waals surface area contributed by atoms with Crippen LogP contribution in [-0.2, 0) is 21.5 Å². The Morgan fingerprint density at radius 1 is 1.14 bits per heavy atom. The molecule has 0 amide bonds. The van der Waals surface area contributed by atoms with Crippen LogP contribution in [0.15, 0.2) is 30.3 Å². The molecular weight excluding hydrogens is 302 g/mol. The zero-order valence-electron chi connectivity index (χ0n) is 12.6. The first kappa shape index (κ1) is 15.9. The lowest BCUT2D eigenvalue weighted by molar-refractivity contribution is 0.159. The van der Waals surface area contributed by atoms with Crippen LogP contribution in [0, 0.1) is 0 Å². The van der Waals surface area contributed by atoms with Gasteiger partial charge in [0.15, 0.2) is 0 Å². The van der Waals surface area contributed by atoms with Crippen LogP contribution in [0.1, 0.15) is 18.4 Å². The number of hydrogen-bond acceptors (Lipinski definition) is 4. The molecule has 0 saturated carbocycles. The van der Waals surface area contributed by atoms with Crippen molar-refractivity contribution < 1.29 is 13.2 Å². The second-order valence-corrected chi connectivity index (χ2v) is 7.41. The first-order chi connectivity index (χ1) is 10.6. The molecule has 1 aromatic rings. The fourth-order valence-electron chi connectivity index (χ4n) is 3.10. The molecule has 2 atom stereocenters. The lowest BCUT2D eigenvalue weighted by Gasteiger charge is -2.27. The second-order valence-electron chi connectivity index (χ2n) is 5.88. The van der Waals surface area contributed by atoms with Crippen molar-refractivity contribution in [2.45, 2.75) is 31.5 Å². The van der Waals surface area contributed by atoms with Crippen molar-refractivity contribution in [1.29, 1.82) is 0 Å². The molecule has 0 radical (unpaired) electrons. The van der Waals surface area contributed by atoms with Crippen molar-refractivity contribution in [3.8, 4) is 0 Å². The van der Waals surface area contributed by atoms with Crippen LogP contribution in [0.4, 0.5) is 0 Å². The molecule has 1 aromatic carbocycles. The van der Waals surface area contributed by atoms with Gasteiger partial charge in [0.05, 0.1) is 25.3 Å². The van der Waals surface area contributed by atoms with Gasteiger partial charge < -0.3 is 4.74 Å². The van der Waals surface area contributed by atoms with Crippen molar-refractivity contribution in [2.24, 2.45) is 0 Å². The van der Waals surface area contributed by atoms with Gasteiger partial charge in [-0.3, -0.25) is 4.90 Å². The lowest BCUT2D eigenvalue weighted by Crippen LogP contribution is -2.52. The van der Waals surface area contributed by atoms with E-state index >= 15 is 0 Å². The Hall–Kier alpha value is -0.990. The second kappa shape index (κ2) is 7.06. The molecule has 2 aliphatic heterocycles. The predicted molar refractivity (Wildman–Crippen MR) is 84.5 cm³/mol. The Morgan fingerprint density at radius 2 is 1.86 bits per heavy atom. The maximum atomic E-state index is 12.2. The van der Waals surface area contributed by atoms with Gasteiger partial charge >= 0.3 is 0 Å². The van der Waals surface area contributed by atoms with Crippen LogP contribution < -0.4 is 9.44 Å². The van der Waals surface area contributed by atoms with Crippen LogP contribution in [0.2, 0.25) is 0 Å². The smallest absolute Gasteiger partial charge is 0.277 e. The first-order valence-corrected chi connectivity index (χ1v) is 9.25. The van der Waals surface area contributed by atoms with Crippen molar-refractivity contribution >= 4 is 10.2 Å². The molecule has 2 fully saturated rings.